The van der Waals surface area contributed by atoms with Crippen molar-refractivity contribution in [2.75, 3.05) is 12.3 Å². The molecule has 0 spiro atoms. The van der Waals surface area contributed by atoms with Gasteiger partial charge in [-0.3, -0.25) is 4.79 Å². The Kier molecular flexibility index (Phi) is 6.48. The Morgan fingerprint density at radius 2 is 2.08 bits per heavy atom. The topological polar surface area (TPSA) is 123 Å². The first-order valence-corrected chi connectivity index (χ1v) is 4.37. The van der Waals surface area contributed by atoms with Gasteiger partial charge in [-0.2, -0.15) is 0 Å². The molecule has 0 saturated heterocycles. The van der Waals surface area contributed by atoms with Gasteiger partial charge >= 0.3 is 0 Å². The van der Waals surface area contributed by atoms with Gasteiger partial charge in [-0.15, -0.1) is 0 Å². The molecule has 0 fully saturated rings. The normalized spacial score (nSPS) is 9.75. The van der Waals surface area contributed by atoms with Crippen LogP contribution in [-0.4, -0.2) is 31.2 Å². The Morgan fingerprint density at radius 3 is 2.42 bits per heavy atom. The Morgan fingerprint density at radius 1 is 1.58 bits per heavy atom. The molecular formula is C5H12N2O4S. The Hall–Kier alpha value is -0.920. The number of quaternary nitrogens is 1. The maximum absolute atomic E-state index is 10.4. The minimum absolute atomic E-state index is 0. The summed E-state index contributed by atoms with van der Waals surface area (Å²) < 4.78 is 29.9. The van der Waals surface area contributed by atoms with Gasteiger partial charge in [0, 0.05) is 6.54 Å². The molecule has 0 atom stereocenters. The number of rotatable bonds is 4. The average Bonchev–Trinajstić information content (AvgIpc) is 1.85. The van der Waals surface area contributed by atoms with E-state index in [1.165, 1.54) is 0 Å². The van der Waals surface area contributed by atoms with Crippen molar-refractivity contribution in [3.63, 3.8) is 0 Å². The first kappa shape index (κ1) is 13.7. The van der Waals surface area contributed by atoms with Crippen LogP contribution in [0.1, 0.15) is 0 Å². The summed E-state index contributed by atoms with van der Waals surface area (Å²) in [5.74, 6) is -1.08. The molecule has 0 unspecified atom stereocenters. The van der Waals surface area contributed by atoms with Crippen molar-refractivity contribution in [1.29, 1.82) is 0 Å². The van der Waals surface area contributed by atoms with Gasteiger partial charge < -0.3 is 16.0 Å². The lowest BCUT2D eigenvalue weighted by molar-refractivity contribution is -0.116. The zero-order chi connectivity index (χ0) is 8.91. The third kappa shape index (κ3) is 9.08. The Bertz CT molecular complexity index is 246. The van der Waals surface area contributed by atoms with Crippen molar-refractivity contribution < 1.29 is 17.8 Å². The van der Waals surface area contributed by atoms with Gasteiger partial charge in [0.25, 0.3) is 0 Å². The molecule has 0 rings (SSSR count). The highest BCUT2D eigenvalue weighted by molar-refractivity contribution is 7.85. The van der Waals surface area contributed by atoms with E-state index in [-0.39, 0.29) is 12.7 Å². The van der Waals surface area contributed by atoms with E-state index < -0.39 is 21.8 Å². The zero-order valence-electron chi connectivity index (χ0n) is 6.74. The summed E-state index contributed by atoms with van der Waals surface area (Å²) in [6.07, 6.45) is 0.997. The fourth-order valence-corrected chi connectivity index (χ4v) is 0.723. The second-order valence-corrected chi connectivity index (χ2v) is 3.28. The van der Waals surface area contributed by atoms with Gasteiger partial charge in [-0.05, 0) is 6.08 Å². The van der Waals surface area contributed by atoms with Gasteiger partial charge in [0.05, 0.1) is 15.9 Å². The summed E-state index contributed by atoms with van der Waals surface area (Å²) >= 11 is 0. The van der Waals surface area contributed by atoms with E-state index >= 15 is 0 Å². The van der Waals surface area contributed by atoms with Crippen LogP contribution >= 0.6 is 0 Å². The fraction of sp³-hybridized carbons (Fsp3) is 0.400. The van der Waals surface area contributed by atoms with Crippen LogP contribution in [-0.2, 0) is 14.9 Å². The van der Waals surface area contributed by atoms with Crippen molar-refractivity contribution in [3.05, 3.63) is 12.7 Å². The first-order chi connectivity index (χ1) is 4.95. The van der Waals surface area contributed by atoms with Crippen LogP contribution in [0, 0.1) is 0 Å². The smallest absolute Gasteiger partial charge is 0.243 e. The van der Waals surface area contributed by atoms with Crippen LogP contribution in [0.5, 0.6) is 0 Å². The van der Waals surface area contributed by atoms with Crippen LogP contribution in [0.15, 0.2) is 12.7 Å². The number of hydrogen-bond acceptors (Lipinski definition) is 4. The van der Waals surface area contributed by atoms with Crippen LogP contribution in [0.4, 0.5) is 0 Å². The number of hydrogen-bond donors (Lipinski definition) is 2. The highest BCUT2D eigenvalue weighted by atomic mass is 32.2. The van der Waals surface area contributed by atoms with Crippen molar-refractivity contribution in [2.45, 2.75) is 0 Å². The molecule has 0 saturated carbocycles. The average molecular weight is 196 g/mol. The minimum atomic E-state index is -4.23. The maximum Gasteiger partial charge on any atom is 0.243 e. The lowest BCUT2D eigenvalue weighted by atomic mass is 10.6. The van der Waals surface area contributed by atoms with Gasteiger partial charge in [-0.25, -0.2) is 8.42 Å². The predicted octanol–water partition coefficient (Wildman–Crippen LogP) is -0.790. The lowest BCUT2D eigenvalue weighted by Gasteiger charge is -2.05. The molecule has 0 aliphatic rings. The van der Waals surface area contributed by atoms with Gasteiger partial charge in [0.15, 0.2) is 0 Å². The molecule has 0 aliphatic heterocycles. The third-order valence-electron chi connectivity index (χ3n) is 0.837. The molecule has 0 aromatic heterocycles. The Labute approximate surface area is 71.0 Å². The molecule has 0 aliphatic carbocycles. The predicted molar refractivity (Wildman–Crippen MR) is 43.8 cm³/mol. The standard InChI is InChI=1S/C5H9NO4S.H3N/c1-2-5(7)6-3-4-11(8,9)10;/h2H,1,3-4H2,(H,6,7)(H,8,9,10);1H3. The van der Waals surface area contributed by atoms with Crippen molar-refractivity contribution in [1.82, 2.24) is 11.5 Å². The fourth-order valence-electron chi connectivity index (χ4n) is 0.371. The molecule has 0 radical (unpaired) electrons. The quantitative estimate of drug-likeness (QED) is 0.451. The van der Waals surface area contributed by atoms with Crippen LogP contribution in [0.3, 0.4) is 0 Å². The number of amides is 1. The van der Waals surface area contributed by atoms with E-state index in [1.807, 2.05) is 0 Å². The SMILES string of the molecule is C=CC(=O)NCCS(=O)(=O)[O-].[NH4+]. The van der Waals surface area contributed by atoms with E-state index in [2.05, 4.69) is 11.9 Å². The Balaban J connectivity index is 0. The highest BCUT2D eigenvalue weighted by Crippen LogP contribution is 1.78. The monoisotopic (exact) mass is 196 g/mol. The van der Waals surface area contributed by atoms with Crippen LogP contribution in [0.2, 0.25) is 0 Å². The second kappa shape index (κ2) is 5.70. The molecular weight excluding hydrogens is 184 g/mol. The summed E-state index contributed by atoms with van der Waals surface area (Å²) in [6.45, 7) is 2.97. The van der Waals surface area contributed by atoms with Crippen LogP contribution in [0.25, 0.3) is 0 Å². The molecule has 72 valence electrons. The number of carbonyl (C=O) groups excluding carboxylic acids is 1. The summed E-state index contributed by atoms with van der Waals surface area (Å²) in [4.78, 5) is 10.4. The molecule has 7 heteroatoms. The molecule has 0 bridgehead atoms. The maximum atomic E-state index is 10.4. The highest BCUT2D eigenvalue weighted by Gasteiger charge is 1.96. The minimum Gasteiger partial charge on any atom is -0.748 e. The molecule has 12 heavy (non-hydrogen) atoms. The number of nitrogens with one attached hydrogen (secondary N) is 1. The first-order valence-electron chi connectivity index (χ1n) is 2.79. The van der Waals surface area contributed by atoms with Gasteiger partial charge in [0.2, 0.25) is 5.91 Å². The molecule has 0 aromatic carbocycles. The van der Waals surface area contributed by atoms with E-state index in [0.717, 1.165) is 6.08 Å². The third-order valence-corrected chi connectivity index (χ3v) is 1.54. The van der Waals surface area contributed by atoms with Crippen molar-refractivity contribution >= 4 is 16.0 Å². The van der Waals surface area contributed by atoms with Crippen molar-refractivity contribution in [2.24, 2.45) is 0 Å². The zero-order valence-corrected chi connectivity index (χ0v) is 7.56. The van der Waals surface area contributed by atoms with E-state index in [1.54, 1.807) is 0 Å². The van der Waals surface area contributed by atoms with Crippen LogP contribution < -0.4 is 11.5 Å². The van der Waals surface area contributed by atoms with Gasteiger partial charge in [0.1, 0.15) is 0 Å². The van der Waals surface area contributed by atoms with E-state index in [0.29, 0.717) is 0 Å². The second-order valence-electron chi connectivity index (χ2n) is 1.76. The van der Waals surface area contributed by atoms with E-state index in [4.69, 9.17) is 0 Å². The van der Waals surface area contributed by atoms with E-state index in [9.17, 15) is 17.8 Å². The summed E-state index contributed by atoms with van der Waals surface area (Å²) in [7, 11) is -4.23. The molecule has 6 nitrogen and oxygen atoms in total. The molecule has 1 amide bonds. The lowest BCUT2D eigenvalue weighted by Crippen LogP contribution is -2.27. The van der Waals surface area contributed by atoms with Crippen molar-refractivity contribution in [3.8, 4) is 0 Å². The van der Waals surface area contributed by atoms with Gasteiger partial charge in [-0.1, -0.05) is 6.58 Å². The summed E-state index contributed by atoms with van der Waals surface area (Å²) in [6, 6.07) is 0. The largest absolute Gasteiger partial charge is 0.748 e. The summed E-state index contributed by atoms with van der Waals surface area (Å²) in [5, 5.41) is 2.15. The summed E-state index contributed by atoms with van der Waals surface area (Å²) in [5.41, 5.74) is 0. The number of carbonyl (C=O) groups is 1. The molecule has 0 heterocycles. The molecule has 5 N–H and O–H groups in total. The molecule has 0 aromatic rings.